The first-order chi connectivity index (χ1) is 14.2. The van der Waals surface area contributed by atoms with Gasteiger partial charge in [0.25, 0.3) is 5.91 Å². The van der Waals surface area contributed by atoms with Gasteiger partial charge in [0.2, 0.25) is 10.0 Å². The van der Waals surface area contributed by atoms with Crippen molar-refractivity contribution < 1.29 is 22.0 Å². The van der Waals surface area contributed by atoms with Crippen LogP contribution in [0, 0.1) is 18.6 Å². The maximum Gasteiger partial charge on any atom is 0.251 e. The van der Waals surface area contributed by atoms with E-state index in [-0.39, 0.29) is 23.5 Å². The van der Waals surface area contributed by atoms with Gasteiger partial charge in [-0.1, -0.05) is 30.3 Å². The fourth-order valence-corrected chi connectivity index (χ4v) is 3.84. The van der Waals surface area contributed by atoms with Crippen LogP contribution in [0.15, 0.2) is 71.6 Å². The van der Waals surface area contributed by atoms with Crippen LogP contribution in [0.4, 0.5) is 8.78 Å². The zero-order chi connectivity index (χ0) is 21.7. The lowest BCUT2D eigenvalue weighted by Gasteiger charge is -2.10. The van der Waals surface area contributed by atoms with Crippen LogP contribution in [-0.2, 0) is 23.1 Å². The molecule has 0 aliphatic rings. The molecule has 30 heavy (non-hydrogen) atoms. The van der Waals surface area contributed by atoms with Crippen LogP contribution in [0.3, 0.4) is 0 Å². The van der Waals surface area contributed by atoms with Crippen molar-refractivity contribution in [1.29, 1.82) is 0 Å². The minimum atomic E-state index is -3.83. The molecule has 0 radical (unpaired) electrons. The second-order valence-electron chi connectivity index (χ2n) is 6.75. The van der Waals surface area contributed by atoms with Crippen LogP contribution >= 0.6 is 0 Å². The molecular weight excluding hydrogens is 410 g/mol. The largest absolute Gasteiger partial charge is 0.348 e. The van der Waals surface area contributed by atoms with Gasteiger partial charge in [-0.25, -0.2) is 21.9 Å². The molecule has 156 valence electrons. The average molecular weight is 430 g/mol. The summed E-state index contributed by atoms with van der Waals surface area (Å²) >= 11 is 0. The van der Waals surface area contributed by atoms with Gasteiger partial charge in [-0.15, -0.1) is 0 Å². The lowest BCUT2D eigenvalue weighted by atomic mass is 10.1. The molecule has 0 bridgehead atoms. The lowest BCUT2D eigenvalue weighted by Crippen LogP contribution is -2.25. The zero-order valence-electron chi connectivity index (χ0n) is 16.2. The minimum absolute atomic E-state index is 0.0204. The van der Waals surface area contributed by atoms with E-state index in [0.717, 1.165) is 6.07 Å². The molecule has 0 spiro atoms. The molecule has 0 saturated heterocycles. The van der Waals surface area contributed by atoms with Crippen LogP contribution in [0.25, 0.3) is 0 Å². The molecule has 0 unspecified atom stereocenters. The van der Waals surface area contributed by atoms with E-state index in [2.05, 4.69) is 10.0 Å². The molecule has 0 heterocycles. The average Bonchev–Trinajstić information content (AvgIpc) is 2.73. The molecule has 2 N–H and O–H groups in total. The highest BCUT2D eigenvalue weighted by Gasteiger charge is 2.15. The molecule has 0 aromatic heterocycles. The van der Waals surface area contributed by atoms with Gasteiger partial charge in [0.1, 0.15) is 11.6 Å². The Morgan fingerprint density at radius 2 is 1.60 bits per heavy atom. The summed E-state index contributed by atoms with van der Waals surface area (Å²) < 4.78 is 54.4. The number of hydrogen-bond acceptors (Lipinski definition) is 3. The summed E-state index contributed by atoms with van der Waals surface area (Å²) in [6.07, 6.45) is 0. The monoisotopic (exact) mass is 430 g/mol. The van der Waals surface area contributed by atoms with Gasteiger partial charge in [-0.3, -0.25) is 4.79 Å². The van der Waals surface area contributed by atoms with Crippen LogP contribution in [0.2, 0.25) is 0 Å². The predicted octanol–water partition coefficient (Wildman–Crippen LogP) is 3.68. The fourth-order valence-electron chi connectivity index (χ4n) is 2.75. The standard InChI is InChI=1S/C22H20F2N2O3S/c1-15-8-9-18(12-21(15)24)22(27)25-13-17-5-3-7-20(11-17)30(28,29)26-14-16-4-2-6-19(23)10-16/h2-12,26H,13-14H2,1H3,(H,25,27). The van der Waals surface area contributed by atoms with Gasteiger partial charge < -0.3 is 5.32 Å². The first-order valence-corrected chi connectivity index (χ1v) is 10.6. The van der Waals surface area contributed by atoms with E-state index in [0.29, 0.717) is 16.7 Å². The summed E-state index contributed by atoms with van der Waals surface area (Å²) in [6.45, 7) is 1.62. The third kappa shape index (κ3) is 5.49. The number of sulfonamides is 1. The van der Waals surface area contributed by atoms with Crippen LogP contribution in [0.5, 0.6) is 0 Å². The molecular formula is C22H20F2N2O3S. The molecule has 1 amide bonds. The van der Waals surface area contributed by atoms with E-state index in [1.165, 1.54) is 42.5 Å². The first-order valence-electron chi connectivity index (χ1n) is 9.12. The van der Waals surface area contributed by atoms with Crippen molar-refractivity contribution in [1.82, 2.24) is 10.0 Å². The highest BCUT2D eigenvalue weighted by Crippen LogP contribution is 2.14. The Hall–Kier alpha value is -3.10. The van der Waals surface area contributed by atoms with Crippen molar-refractivity contribution in [3.05, 3.63) is 101 Å². The highest BCUT2D eigenvalue weighted by molar-refractivity contribution is 7.89. The molecule has 0 aliphatic carbocycles. The number of hydrogen-bond donors (Lipinski definition) is 2. The van der Waals surface area contributed by atoms with E-state index < -0.39 is 27.6 Å². The van der Waals surface area contributed by atoms with Gasteiger partial charge in [0, 0.05) is 18.7 Å². The summed E-state index contributed by atoms with van der Waals surface area (Å²) in [6, 6.07) is 15.9. The van der Waals surface area contributed by atoms with Crippen molar-refractivity contribution in [2.45, 2.75) is 24.9 Å². The third-order valence-corrected chi connectivity index (χ3v) is 5.85. The first kappa shape index (κ1) is 21.6. The Morgan fingerprint density at radius 3 is 2.30 bits per heavy atom. The Morgan fingerprint density at radius 1 is 0.900 bits per heavy atom. The van der Waals surface area contributed by atoms with Crippen molar-refractivity contribution in [2.75, 3.05) is 0 Å². The van der Waals surface area contributed by atoms with Gasteiger partial charge in [0.05, 0.1) is 4.90 Å². The zero-order valence-corrected chi connectivity index (χ0v) is 17.0. The number of amides is 1. The van der Waals surface area contributed by atoms with Gasteiger partial charge >= 0.3 is 0 Å². The van der Waals surface area contributed by atoms with Crippen LogP contribution in [-0.4, -0.2) is 14.3 Å². The highest BCUT2D eigenvalue weighted by atomic mass is 32.2. The molecule has 3 aromatic rings. The predicted molar refractivity (Wildman–Crippen MR) is 109 cm³/mol. The molecule has 0 aliphatic heterocycles. The van der Waals surface area contributed by atoms with Crippen LogP contribution < -0.4 is 10.0 Å². The molecule has 0 atom stereocenters. The quantitative estimate of drug-likeness (QED) is 0.601. The minimum Gasteiger partial charge on any atom is -0.348 e. The van der Waals surface area contributed by atoms with Crippen molar-refractivity contribution >= 4 is 15.9 Å². The second kappa shape index (κ2) is 9.15. The van der Waals surface area contributed by atoms with Gasteiger partial charge in [-0.05, 0) is 60.0 Å². The summed E-state index contributed by atoms with van der Waals surface area (Å²) in [5.41, 5.74) is 1.67. The number of carbonyl (C=O) groups excluding carboxylic acids is 1. The Balaban J connectivity index is 1.65. The number of halogens is 2. The Kier molecular flexibility index (Phi) is 6.59. The van der Waals surface area contributed by atoms with E-state index in [1.54, 1.807) is 25.1 Å². The van der Waals surface area contributed by atoms with Gasteiger partial charge in [-0.2, -0.15) is 0 Å². The summed E-state index contributed by atoms with van der Waals surface area (Å²) in [4.78, 5) is 12.2. The number of rotatable bonds is 7. The Labute approximate surface area is 173 Å². The summed E-state index contributed by atoms with van der Waals surface area (Å²) in [7, 11) is -3.83. The van der Waals surface area contributed by atoms with E-state index in [9.17, 15) is 22.0 Å². The second-order valence-corrected chi connectivity index (χ2v) is 8.52. The summed E-state index contributed by atoms with van der Waals surface area (Å²) in [5, 5.41) is 2.64. The molecule has 0 saturated carbocycles. The lowest BCUT2D eigenvalue weighted by molar-refractivity contribution is 0.0950. The normalized spacial score (nSPS) is 11.3. The van der Waals surface area contributed by atoms with E-state index >= 15 is 0 Å². The molecule has 3 rings (SSSR count). The van der Waals surface area contributed by atoms with Crippen LogP contribution in [0.1, 0.15) is 27.0 Å². The van der Waals surface area contributed by atoms with Gasteiger partial charge in [0.15, 0.2) is 0 Å². The topological polar surface area (TPSA) is 75.3 Å². The maximum atomic E-state index is 13.6. The molecule has 8 heteroatoms. The van der Waals surface area contributed by atoms with Crippen molar-refractivity contribution in [3.8, 4) is 0 Å². The molecule has 3 aromatic carbocycles. The van der Waals surface area contributed by atoms with Crippen molar-refractivity contribution in [3.63, 3.8) is 0 Å². The number of benzene rings is 3. The van der Waals surface area contributed by atoms with Crippen molar-refractivity contribution in [2.24, 2.45) is 0 Å². The molecule has 5 nitrogen and oxygen atoms in total. The number of carbonyl (C=O) groups is 1. The smallest absolute Gasteiger partial charge is 0.251 e. The third-order valence-electron chi connectivity index (χ3n) is 4.45. The number of aryl methyl sites for hydroxylation is 1. The fraction of sp³-hybridized carbons (Fsp3) is 0.136. The van der Waals surface area contributed by atoms with E-state index in [1.807, 2.05) is 0 Å². The van der Waals surface area contributed by atoms with E-state index in [4.69, 9.17) is 0 Å². The maximum absolute atomic E-state index is 13.6. The molecule has 0 fully saturated rings. The Bertz CT molecular complexity index is 1180. The SMILES string of the molecule is Cc1ccc(C(=O)NCc2cccc(S(=O)(=O)NCc3cccc(F)c3)c2)cc1F. The summed E-state index contributed by atoms with van der Waals surface area (Å²) in [5.74, 6) is -1.38. The number of nitrogens with one attached hydrogen (secondary N) is 2.